The minimum absolute atomic E-state index is 0.363. The Hall–Kier alpha value is -1.51. The lowest BCUT2D eigenvalue weighted by Crippen LogP contribution is -2.01. The van der Waals surface area contributed by atoms with Crippen molar-refractivity contribution in [2.24, 2.45) is 0 Å². The second kappa shape index (κ2) is 5.42. The highest BCUT2D eigenvalue weighted by Gasteiger charge is 2.08. The predicted molar refractivity (Wildman–Crippen MR) is 72.0 cm³/mol. The summed E-state index contributed by atoms with van der Waals surface area (Å²) in [6.45, 7) is 1.36. The summed E-state index contributed by atoms with van der Waals surface area (Å²) in [5.41, 5.74) is 1.60. The Kier molecular flexibility index (Phi) is 3.90. The zero-order valence-corrected chi connectivity index (χ0v) is 11.0. The van der Waals surface area contributed by atoms with Crippen LogP contribution in [0.5, 0.6) is 5.75 Å². The summed E-state index contributed by atoms with van der Waals surface area (Å²) in [6.07, 6.45) is 0. The van der Waals surface area contributed by atoms with E-state index in [0.29, 0.717) is 15.8 Å². The van der Waals surface area contributed by atoms with E-state index < -0.39 is 0 Å². The van der Waals surface area contributed by atoms with Crippen LogP contribution in [-0.2, 0) is 4.79 Å². The molecule has 0 spiro atoms. The number of carbonyl (C=O) groups is 1. The molecule has 0 aliphatic rings. The zero-order valence-electron chi connectivity index (χ0n) is 9.54. The molecule has 0 aliphatic carbocycles. The average Bonchev–Trinajstić information content (AvgIpc) is 2.32. The molecule has 0 fully saturated rings. The van der Waals surface area contributed by atoms with Crippen LogP contribution in [0.2, 0.25) is 10.0 Å². The van der Waals surface area contributed by atoms with Crippen LogP contribution < -0.4 is 4.74 Å². The maximum Gasteiger partial charge on any atom is 0.308 e. The Labute approximate surface area is 115 Å². The number of rotatable bonds is 2. The first kappa shape index (κ1) is 12.9. The fraction of sp³-hybridized carbons (Fsp3) is 0.0714. The monoisotopic (exact) mass is 279 g/mol. The lowest BCUT2D eigenvalue weighted by Gasteiger charge is -2.07. The van der Waals surface area contributed by atoms with E-state index in [-0.39, 0.29) is 5.97 Å². The van der Waals surface area contributed by atoms with Crippen molar-refractivity contribution in [2.75, 3.05) is 0 Å². The van der Waals surface area contributed by atoms with Crippen molar-refractivity contribution < 1.29 is 9.53 Å². The normalized spacial score (nSPS) is 10.2. The number of hydrogen-bond acceptors (Lipinski definition) is 2. The number of benzene rings is 2. The van der Waals surface area contributed by atoms with Crippen molar-refractivity contribution in [1.29, 1.82) is 0 Å². The summed E-state index contributed by atoms with van der Waals surface area (Å²) >= 11 is 12.0. The Balaban J connectivity index is 2.44. The highest BCUT2D eigenvalue weighted by molar-refractivity contribution is 6.43. The largest absolute Gasteiger partial charge is 0.427 e. The number of esters is 1. The van der Waals surface area contributed by atoms with Gasteiger partial charge >= 0.3 is 5.97 Å². The fourth-order valence-electron chi connectivity index (χ4n) is 1.57. The van der Waals surface area contributed by atoms with Gasteiger partial charge in [-0.1, -0.05) is 47.5 Å². The molecule has 2 nitrogen and oxygen atoms in total. The lowest BCUT2D eigenvalue weighted by molar-refractivity contribution is -0.131. The maximum atomic E-state index is 10.9. The first-order valence-electron chi connectivity index (χ1n) is 5.22. The van der Waals surface area contributed by atoms with E-state index in [9.17, 15) is 4.79 Å². The predicted octanol–water partition coefficient (Wildman–Crippen LogP) is 4.39. The summed E-state index contributed by atoms with van der Waals surface area (Å²) < 4.78 is 5.02. The molecule has 91 valence electrons. The highest BCUT2D eigenvalue weighted by Crippen LogP contribution is 2.34. The summed E-state index contributed by atoms with van der Waals surface area (Å²) in [6, 6.07) is 13.4. The van der Waals surface area contributed by atoms with Crippen LogP contribution in [0.15, 0.2) is 36.4 Å². The third kappa shape index (κ3) is 2.84. The molecule has 0 aliphatic heterocycles. The van der Waals surface area contributed by atoms with Gasteiger partial charge in [0.25, 0.3) is 0 Å². The van der Waals surface area contributed by atoms with Gasteiger partial charge in [0.2, 0.25) is 0 Å². The van der Waals surface area contributed by atoms with E-state index in [1.54, 1.807) is 30.3 Å². The molecule has 0 saturated heterocycles. The average molecular weight is 280 g/mol. The van der Waals surface area contributed by atoms with Crippen LogP contribution in [0.3, 0.4) is 0 Å². The topological polar surface area (TPSA) is 26.3 Å². The smallest absolute Gasteiger partial charge is 0.308 e. The fourth-order valence-corrected chi connectivity index (χ4v) is 1.96. The minimum Gasteiger partial charge on any atom is -0.427 e. The minimum atomic E-state index is -0.363. The molecule has 0 amide bonds. The van der Waals surface area contributed by atoms with Crippen LogP contribution in [-0.4, -0.2) is 5.97 Å². The Bertz CT molecular complexity index is 594. The van der Waals surface area contributed by atoms with E-state index in [2.05, 4.69) is 6.07 Å². The molecule has 4 heteroatoms. The Morgan fingerprint density at radius 1 is 1.28 bits per heavy atom. The molecule has 2 aromatic carbocycles. The van der Waals surface area contributed by atoms with Gasteiger partial charge in [-0.3, -0.25) is 4.79 Å². The van der Waals surface area contributed by atoms with Crippen LogP contribution in [0.1, 0.15) is 6.92 Å². The number of halogens is 2. The van der Waals surface area contributed by atoms with Crippen molar-refractivity contribution >= 4 is 29.2 Å². The van der Waals surface area contributed by atoms with Gasteiger partial charge in [-0.2, -0.15) is 0 Å². The summed E-state index contributed by atoms with van der Waals surface area (Å²) in [7, 11) is 0. The van der Waals surface area contributed by atoms with Crippen molar-refractivity contribution in [2.45, 2.75) is 6.92 Å². The molecular formula is C14H9Cl2O2. The summed E-state index contributed by atoms with van der Waals surface area (Å²) in [4.78, 5) is 10.9. The van der Waals surface area contributed by atoms with E-state index in [1.165, 1.54) is 6.92 Å². The van der Waals surface area contributed by atoms with Crippen molar-refractivity contribution in [3.8, 4) is 16.9 Å². The third-order valence-corrected chi connectivity index (χ3v) is 3.08. The number of ether oxygens (including phenoxy) is 1. The number of hydrogen-bond donors (Lipinski definition) is 0. The van der Waals surface area contributed by atoms with Crippen molar-refractivity contribution in [3.05, 3.63) is 52.5 Å². The molecule has 2 aromatic rings. The molecule has 18 heavy (non-hydrogen) atoms. The van der Waals surface area contributed by atoms with Gasteiger partial charge in [0.05, 0.1) is 10.0 Å². The van der Waals surface area contributed by atoms with Crippen LogP contribution in [0.25, 0.3) is 11.1 Å². The van der Waals surface area contributed by atoms with Crippen molar-refractivity contribution in [1.82, 2.24) is 0 Å². The molecule has 0 saturated carbocycles. The van der Waals surface area contributed by atoms with Gasteiger partial charge in [-0.05, 0) is 17.7 Å². The maximum absolute atomic E-state index is 10.9. The summed E-state index contributed by atoms with van der Waals surface area (Å²) in [5.74, 6) is 0.109. The van der Waals surface area contributed by atoms with E-state index in [1.807, 2.05) is 6.07 Å². The zero-order chi connectivity index (χ0) is 13.1. The molecule has 0 aromatic heterocycles. The SMILES string of the molecule is CC(=O)Oc1cccc(-c2cc[c]c(Cl)c2Cl)c1. The van der Waals surface area contributed by atoms with E-state index in [0.717, 1.165) is 11.1 Å². The first-order valence-corrected chi connectivity index (χ1v) is 5.98. The molecule has 0 heterocycles. The molecule has 0 atom stereocenters. The van der Waals surface area contributed by atoms with Gasteiger partial charge in [0.15, 0.2) is 0 Å². The van der Waals surface area contributed by atoms with Gasteiger partial charge in [-0.15, -0.1) is 0 Å². The summed E-state index contributed by atoms with van der Waals surface area (Å²) in [5, 5.41) is 0.797. The van der Waals surface area contributed by atoms with Gasteiger partial charge in [0, 0.05) is 18.6 Å². The van der Waals surface area contributed by atoms with E-state index >= 15 is 0 Å². The molecule has 0 unspecified atom stereocenters. The van der Waals surface area contributed by atoms with Crippen LogP contribution in [0, 0.1) is 6.07 Å². The number of carbonyl (C=O) groups excluding carboxylic acids is 1. The molecule has 1 radical (unpaired) electrons. The highest BCUT2D eigenvalue weighted by atomic mass is 35.5. The van der Waals surface area contributed by atoms with Gasteiger partial charge in [0.1, 0.15) is 5.75 Å². The third-order valence-electron chi connectivity index (χ3n) is 2.30. The van der Waals surface area contributed by atoms with Crippen LogP contribution in [0.4, 0.5) is 0 Å². The molecule has 0 bridgehead atoms. The standard InChI is InChI=1S/C14H9Cl2O2/c1-9(17)18-11-5-2-4-10(8-11)12-6-3-7-13(15)14(12)16/h2-6,8H,1H3. The molecule has 2 rings (SSSR count). The Morgan fingerprint density at radius 2 is 2.06 bits per heavy atom. The van der Waals surface area contributed by atoms with Gasteiger partial charge in [-0.25, -0.2) is 0 Å². The second-order valence-electron chi connectivity index (χ2n) is 3.64. The van der Waals surface area contributed by atoms with Crippen molar-refractivity contribution in [3.63, 3.8) is 0 Å². The van der Waals surface area contributed by atoms with Crippen LogP contribution >= 0.6 is 23.2 Å². The van der Waals surface area contributed by atoms with E-state index in [4.69, 9.17) is 27.9 Å². The second-order valence-corrected chi connectivity index (χ2v) is 4.40. The molecule has 0 N–H and O–H groups in total. The lowest BCUT2D eigenvalue weighted by atomic mass is 10.1. The van der Waals surface area contributed by atoms with Gasteiger partial charge < -0.3 is 4.74 Å². The Morgan fingerprint density at radius 3 is 2.78 bits per heavy atom. The first-order chi connectivity index (χ1) is 8.58. The molecular weight excluding hydrogens is 271 g/mol. The quantitative estimate of drug-likeness (QED) is 0.602.